The van der Waals surface area contributed by atoms with Crippen molar-refractivity contribution >= 4 is 5.97 Å². The summed E-state index contributed by atoms with van der Waals surface area (Å²) in [4.78, 5) is 10.5. The lowest BCUT2D eigenvalue weighted by Crippen LogP contribution is -2.10. The zero-order valence-electron chi connectivity index (χ0n) is 6.41. The van der Waals surface area contributed by atoms with Crippen molar-refractivity contribution in [2.24, 2.45) is 0 Å². The predicted octanol–water partition coefficient (Wildman–Crippen LogP) is -0.510. The van der Waals surface area contributed by atoms with E-state index in [0.717, 1.165) is 0 Å². The van der Waals surface area contributed by atoms with Gasteiger partial charge in [0.25, 0.3) is 0 Å². The predicted molar refractivity (Wildman–Crippen MR) is 35.6 cm³/mol. The van der Waals surface area contributed by atoms with E-state index in [0.29, 0.717) is 0 Å². The highest BCUT2D eigenvalue weighted by atomic mass is 16.7. The number of hydrogen-bond donors (Lipinski definition) is 1. The molecule has 1 N–H and O–H groups in total. The molecule has 0 aliphatic heterocycles. The van der Waals surface area contributed by atoms with Gasteiger partial charge in [0, 0.05) is 7.11 Å². The molecule has 0 aliphatic carbocycles. The average molecular weight is 164 g/mol. The van der Waals surface area contributed by atoms with Crippen LogP contribution in [0.2, 0.25) is 0 Å². The van der Waals surface area contributed by atoms with E-state index in [4.69, 9.17) is 5.11 Å². The van der Waals surface area contributed by atoms with Gasteiger partial charge < -0.3 is 19.3 Å². The Morgan fingerprint density at radius 2 is 2.18 bits per heavy atom. The summed E-state index contributed by atoms with van der Waals surface area (Å²) in [6.45, 7) is -0.248. The molecule has 0 amide bonds. The summed E-state index contributed by atoms with van der Waals surface area (Å²) in [5.41, 5.74) is 0. The maximum Gasteiger partial charge on any atom is 0.310 e. The lowest BCUT2D eigenvalue weighted by molar-refractivity contribution is -0.166. The van der Waals surface area contributed by atoms with Gasteiger partial charge in [-0.15, -0.1) is 0 Å². The van der Waals surface area contributed by atoms with E-state index in [2.05, 4.69) is 14.2 Å². The number of aliphatic hydroxyl groups is 1. The lowest BCUT2D eigenvalue weighted by atomic mass is 10.5. The number of carbonyl (C=O) groups is 1. The topological polar surface area (TPSA) is 65.0 Å². The minimum atomic E-state index is -0.483. The first-order valence-corrected chi connectivity index (χ1v) is 3.14. The van der Waals surface area contributed by atoms with Crippen molar-refractivity contribution in [3.63, 3.8) is 0 Å². The molecule has 0 spiro atoms. The minimum Gasteiger partial charge on any atom is -0.438 e. The number of esters is 1. The molecule has 0 aromatic heterocycles. The van der Waals surface area contributed by atoms with Gasteiger partial charge in [0.2, 0.25) is 0 Å². The van der Waals surface area contributed by atoms with Gasteiger partial charge in [-0.05, 0) is 0 Å². The van der Waals surface area contributed by atoms with E-state index < -0.39 is 5.97 Å². The smallest absolute Gasteiger partial charge is 0.310 e. The van der Waals surface area contributed by atoms with Crippen LogP contribution in [0.15, 0.2) is 0 Å². The van der Waals surface area contributed by atoms with Crippen LogP contribution in [0, 0.1) is 0 Å². The Hall–Kier alpha value is -0.650. The van der Waals surface area contributed by atoms with Crippen LogP contribution >= 0.6 is 0 Å². The minimum absolute atomic E-state index is 0.00363. The van der Waals surface area contributed by atoms with Gasteiger partial charge in [-0.1, -0.05) is 0 Å². The third-order valence-electron chi connectivity index (χ3n) is 0.820. The number of rotatable bonds is 6. The summed E-state index contributed by atoms with van der Waals surface area (Å²) in [6.07, 6.45) is -0.00363. The third-order valence-corrected chi connectivity index (χ3v) is 0.820. The first-order chi connectivity index (χ1) is 5.31. The molecule has 66 valence electrons. The molecule has 5 heteroatoms. The fraction of sp³-hybridized carbons (Fsp3) is 0.833. The first kappa shape index (κ1) is 10.3. The van der Waals surface area contributed by atoms with Gasteiger partial charge in [-0.2, -0.15) is 0 Å². The van der Waals surface area contributed by atoms with Crippen molar-refractivity contribution in [1.29, 1.82) is 0 Å². The molecule has 0 aromatic rings. The van der Waals surface area contributed by atoms with Gasteiger partial charge in [0.1, 0.15) is 6.79 Å². The highest BCUT2D eigenvalue weighted by Crippen LogP contribution is 1.85. The number of methoxy groups -OCH3 is 1. The summed E-state index contributed by atoms with van der Waals surface area (Å²) in [5, 5.41) is 8.27. The van der Waals surface area contributed by atoms with E-state index in [1.54, 1.807) is 0 Å². The molecule has 0 heterocycles. The maximum atomic E-state index is 10.5. The zero-order valence-corrected chi connectivity index (χ0v) is 6.41. The molecule has 0 unspecified atom stereocenters. The summed E-state index contributed by atoms with van der Waals surface area (Å²) in [7, 11) is 1.47. The molecule has 0 bridgehead atoms. The fourth-order valence-corrected chi connectivity index (χ4v) is 0.388. The average Bonchev–Trinajstić information content (AvgIpc) is 1.99. The zero-order chi connectivity index (χ0) is 8.53. The molecule has 0 aliphatic rings. The van der Waals surface area contributed by atoms with Crippen LogP contribution in [0.4, 0.5) is 0 Å². The molecule has 0 fully saturated rings. The lowest BCUT2D eigenvalue weighted by Gasteiger charge is -2.03. The Bertz CT molecular complexity index is 103. The summed E-state index contributed by atoms with van der Waals surface area (Å²) >= 11 is 0. The second kappa shape index (κ2) is 7.46. The van der Waals surface area contributed by atoms with Crippen LogP contribution in [-0.4, -0.2) is 38.4 Å². The highest BCUT2D eigenvalue weighted by molar-refractivity contribution is 5.69. The van der Waals surface area contributed by atoms with Gasteiger partial charge in [0.05, 0.1) is 13.0 Å². The number of aliphatic hydroxyl groups excluding tert-OH is 1. The number of ether oxygens (including phenoxy) is 3. The second-order valence-electron chi connectivity index (χ2n) is 1.72. The maximum absolute atomic E-state index is 10.5. The largest absolute Gasteiger partial charge is 0.438 e. The van der Waals surface area contributed by atoms with Crippen molar-refractivity contribution in [2.75, 3.05) is 27.3 Å². The molecule has 0 aromatic carbocycles. The molecule has 0 radical (unpaired) electrons. The number of hydrogen-bond acceptors (Lipinski definition) is 5. The molecule has 0 atom stereocenters. The van der Waals surface area contributed by atoms with Crippen LogP contribution in [0.5, 0.6) is 0 Å². The van der Waals surface area contributed by atoms with Crippen molar-refractivity contribution in [2.45, 2.75) is 6.42 Å². The fourth-order valence-electron chi connectivity index (χ4n) is 0.388. The summed E-state index contributed by atoms with van der Waals surface area (Å²) in [6, 6.07) is 0. The molecule has 0 rings (SSSR count). The van der Waals surface area contributed by atoms with Crippen LogP contribution in [0.1, 0.15) is 6.42 Å². The van der Waals surface area contributed by atoms with E-state index >= 15 is 0 Å². The molecule has 0 saturated carbocycles. The Morgan fingerprint density at radius 1 is 1.45 bits per heavy atom. The van der Waals surface area contributed by atoms with Crippen LogP contribution in [0.3, 0.4) is 0 Å². The summed E-state index contributed by atoms with van der Waals surface area (Å²) in [5.74, 6) is -0.483. The number of carbonyl (C=O) groups excluding carboxylic acids is 1. The van der Waals surface area contributed by atoms with E-state index in [9.17, 15) is 4.79 Å². The molecular formula is C6H12O5. The van der Waals surface area contributed by atoms with Crippen molar-refractivity contribution in [3.8, 4) is 0 Å². The highest BCUT2D eigenvalue weighted by Gasteiger charge is 1.99. The van der Waals surface area contributed by atoms with E-state index in [-0.39, 0.29) is 26.6 Å². The normalized spacial score (nSPS) is 9.64. The Morgan fingerprint density at radius 3 is 2.73 bits per heavy atom. The Kier molecular flexibility index (Phi) is 7.02. The first-order valence-electron chi connectivity index (χ1n) is 3.14. The van der Waals surface area contributed by atoms with Gasteiger partial charge in [-0.25, -0.2) is 0 Å². The quantitative estimate of drug-likeness (QED) is 0.325. The van der Waals surface area contributed by atoms with Gasteiger partial charge >= 0.3 is 5.97 Å². The monoisotopic (exact) mass is 164 g/mol. The van der Waals surface area contributed by atoms with Crippen molar-refractivity contribution < 1.29 is 24.1 Å². The SMILES string of the molecule is COCOCOC(=O)CCO. The third kappa shape index (κ3) is 7.24. The van der Waals surface area contributed by atoms with Crippen LogP contribution in [-0.2, 0) is 19.0 Å². The standard InChI is InChI=1S/C6H12O5/c1-9-4-10-5-11-6(8)2-3-7/h7H,2-5H2,1H3. The van der Waals surface area contributed by atoms with Crippen molar-refractivity contribution in [1.82, 2.24) is 0 Å². The molecule has 11 heavy (non-hydrogen) atoms. The van der Waals surface area contributed by atoms with Gasteiger partial charge in [0.15, 0.2) is 6.79 Å². The Balaban J connectivity index is 3.04. The van der Waals surface area contributed by atoms with Gasteiger partial charge in [-0.3, -0.25) is 4.79 Å². The van der Waals surface area contributed by atoms with Crippen LogP contribution in [0.25, 0.3) is 0 Å². The Labute approximate surface area is 64.9 Å². The molecular weight excluding hydrogens is 152 g/mol. The molecule has 0 saturated heterocycles. The van der Waals surface area contributed by atoms with E-state index in [1.807, 2.05) is 0 Å². The summed E-state index contributed by atoms with van der Waals surface area (Å²) < 4.78 is 13.7. The van der Waals surface area contributed by atoms with E-state index in [1.165, 1.54) is 7.11 Å². The van der Waals surface area contributed by atoms with Crippen molar-refractivity contribution in [3.05, 3.63) is 0 Å². The van der Waals surface area contributed by atoms with Crippen LogP contribution < -0.4 is 0 Å². The molecule has 5 nitrogen and oxygen atoms in total. The second-order valence-corrected chi connectivity index (χ2v) is 1.72.